The monoisotopic (exact) mass is 271 g/mol. The Kier molecular flexibility index (Phi) is 3.59. The SMILES string of the molecule is Clc1[c]ccc(Oc2cccc(Cl)c2Cl)c1. The van der Waals surface area contributed by atoms with E-state index in [0.717, 1.165) is 0 Å². The lowest BCUT2D eigenvalue weighted by atomic mass is 10.3. The minimum atomic E-state index is 0.383. The van der Waals surface area contributed by atoms with Crippen molar-refractivity contribution < 1.29 is 4.74 Å². The molecule has 0 fully saturated rings. The normalized spacial score (nSPS) is 10.2. The van der Waals surface area contributed by atoms with Crippen molar-refractivity contribution >= 4 is 34.8 Å². The van der Waals surface area contributed by atoms with Crippen LogP contribution < -0.4 is 4.74 Å². The zero-order valence-electron chi connectivity index (χ0n) is 8.01. The van der Waals surface area contributed by atoms with E-state index >= 15 is 0 Å². The van der Waals surface area contributed by atoms with Crippen LogP contribution in [-0.2, 0) is 0 Å². The van der Waals surface area contributed by atoms with Crippen LogP contribution in [0.3, 0.4) is 0 Å². The molecule has 81 valence electrons. The van der Waals surface area contributed by atoms with E-state index in [4.69, 9.17) is 39.5 Å². The summed E-state index contributed by atoms with van der Waals surface area (Å²) in [7, 11) is 0. The molecule has 0 N–H and O–H groups in total. The maximum atomic E-state index is 5.99. The van der Waals surface area contributed by atoms with Gasteiger partial charge in [-0.15, -0.1) is 0 Å². The predicted octanol–water partition coefficient (Wildman–Crippen LogP) is 5.24. The molecule has 0 aliphatic rings. The Balaban J connectivity index is 2.31. The van der Waals surface area contributed by atoms with Crippen molar-refractivity contribution in [2.45, 2.75) is 0 Å². The van der Waals surface area contributed by atoms with Crippen LogP contribution >= 0.6 is 34.8 Å². The van der Waals surface area contributed by atoms with Crippen LogP contribution in [0.15, 0.2) is 36.4 Å². The Bertz CT molecular complexity index is 511. The van der Waals surface area contributed by atoms with E-state index in [0.29, 0.717) is 26.6 Å². The topological polar surface area (TPSA) is 9.23 Å². The standard InChI is InChI=1S/C12H6Cl3O/c13-8-3-1-4-9(7-8)16-11-6-2-5-10(14)12(11)15/h1-2,4-7H. The lowest BCUT2D eigenvalue weighted by molar-refractivity contribution is 0.483. The van der Waals surface area contributed by atoms with Gasteiger partial charge < -0.3 is 4.74 Å². The molecule has 0 unspecified atom stereocenters. The minimum Gasteiger partial charge on any atom is -0.456 e. The van der Waals surface area contributed by atoms with Gasteiger partial charge in [0.2, 0.25) is 0 Å². The van der Waals surface area contributed by atoms with Crippen LogP contribution in [0, 0.1) is 6.07 Å². The van der Waals surface area contributed by atoms with Crippen molar-refractivity contribution in [1.29, 1.82) is 0 Å². The molecule has 0 heterocycles. The average Bonchev–Trinajstić information content (AvgIpc) is 2.25. The molecular formula is C12H6Cl3O. The van der Waals surface area contributed by atoms with Crippen LogP contribution in [0.5, 0.6) is 11.5 Å². The Morgan fingerprint density at radius 1 is 1.06 bits per heavy atom. The Labute approximate surface area is 109 Å². The molecule has 0 spiro atoms. The summed E-state index contributed by atoms with van der Waals surface area (Å²) >= 11 is 17.6. The van der Waals surface area contributed by atoms with E-state index in [-0.39, 0.29) is 0 Å². The number of benzene rings is 2. The van der Waals surface area contributed by atoms with E-state index in [1.165, 1.54) is 0 Å². The van der Waals surface area contributed by atoms with Crippen molar-refractivity contribution in [1.82, 2.24) is 0 Å². The summed E-state index contributed by atoms with van der Waals surface area (Å²) in [6.45, 7) is 0. The third-order valence-corrected chi connectivity index (χ3v) is 2.90. The second-order valence-electron chi connectivity index (χ2n) is 3.03. The van der Waals surface area contributed by atoms with E-state index in [9.17, 15) is 0 Å². The fourth-order valence-corrected chi connectivity index (χ4v) is 1.67. The summed E-state index contributed by atoms with van der Waals surface area (Å²) in [5.41, 5.74) is 0. The molecule has 1 nitrogen and oxygen atoms in total. The fourth-order valence-electron chi connectivity index (χ4n) is 1.17. The van der Waals surface area contributed by atoms with Crippen LogP contribution in [-0.4, -0.2) is 0 Å². The molecule has 0 aromatic heterocycles. The van der Waals surface area contributed by atoms with Gasteiger partial charge in [-0.1, -0.05) is 40.9 Å². The molecule has 2 aromatic carbocycles. The van der Waals surface area contributed by atoms with Crippen molar-refractivity contribution in [3.8, 4) is 11.5 Å². The molecule has 4 heteroatoms. The first-order valence-electron chi connectivity index (χ1n) is 4.46. The largest absolute Gasteiger partial charge is 0.456 e. The molecule has 2 rings (SSSR count). The number of hydrogen-bond acceptors (Lipinski definition) is 1. The second-order valence-corrected chi connectivity index (χ2v) is 4.22. The molecule has 0 saturated heterocycles. The summed E-state index contributed by atoms with van der Waals surface area (Å²) in [5.74, 6) is 1.09. The molecule has 0 bridgehead atoms. The van der Waals surface area contributed by atoms with Crippen molar-refractivity contribution in [2.75, 3.05) is 0 Å². The molecule has 0 saturated carbocycles. The first kappa shape index (κ1) is 11.6. The maximum absolute atomic E-state index is 5.99. The van der Waals surface area contributed by atoms with Gasteiger partial charge >= 0.3 is 0 Å². The van der Waals surface area contributed by atoms with Gasteiger partial charge in [0.1, 0.15) is 16.5 Å². The second kappa shape index (κ2) is 4.96. The summed E-state index contributed by atoms with van der Waals surface area (Å²) in [6, 6.07) is 13.1. The van der Waals surface area contributed by atoms with Gasteiger partial charge in [-0.05, 0) is 24.3 Å². The highest BCUT2D eigenvalue weighted by Crippen LogP contribution is 2.34. The third kappa shape index (κ3) is 2.62. The van der Waals surface area contributed by atoms with Crippen LogP contribution in [0.2, 0.25) is 15.1 Å². The lowest BCUT2D eigenvalue weighted by Gasteiger charge is -2.08. The zero-order valence-corrected chi connectivity index (χ0v) is 10.3. The summed E-state index contributed by atoms with van der Waals surface area (Å²) < 4.78 is 5.55. The number of ether oxygens (including phenoxy) is 1. The van der Waals surface area contributed by atoms with Gasteiger partial charge in [0.25, 0.3) is 0 Å². The average molecular weight is 273 g/mol. The fraction of sp³-hybridized carbons (Fsp3) is 0. The molecular weight excluding hydrogens is 266 g/mol. The van der Waals surface area contributed by atoms with Crippen molar-refractivity contribution in [3.05, 3.63) is 57.5 Å². The van der Waals surface area contributed by atoms with Crippen LogP contribution in [0.1, 0.15) is 0 Å². The maximum Gasteiger partial charge on any atom is 0.147 e. The minimum absolute atomic E-state index is 0.383. The first-order chi connectivity index (χ1) is 7.66. The molecule has 0 aliphatic heterocycles. The number of halogens is 3. The van der Waals surface area contributed by atoms with Crippen LogP contribution in [0.4, 0.5) is 0 Å². The Hall–Kier alpha value is -0.890. The Morgan fingerprint density at radius 2 is 1.88 bits per heavy atom. The quantitative estimate of drug-likeness (QED) is 0.726. The van der Waals surface area contributed by atoms with Gasteiger partial charge in [-0.3, -0.25) is 0 Å². The highest BCUT2D eigenvalue weighted by Gasteiger charge is 2.06. The summed E-state index contributed by atoms with van der Waals surface area (Å²) in [6.07, 6.45) is 0. The summed E-state index contributed by atoms with van der Waals surface area (Å²) in [4.78, 5) is 0. The third-order valence-electron chi connectivity index (χ3n) is 1.88. The van der Waals surface area contributed by atoms with E-state index in [2.05, 4.69) is 6.07 Å². The number of rotatable bonds is 2. The van der Waals surface area contributed by atoms with E-state index in [1.807, 2.05) is 0 Å². The van der Waals surface area contributed by atoms with Crippen LogP contribution in [0.25, 0.3) is 0 Å². The van der Waals surface area contributed by atoms with Gasteiger partial charge in [0.05, 0.1) is 10.0 Å². The molecule has 1 radical (unpaired) electrons. The molecule has 0 amide bonds. The van der Waals surface area contributed by atoms with E-state index in [1.54, 1.807) is 36.4 Å². The molecule has 2 aromatic rings. The molecule has 0 aliphatic carbocycles. The predicted molar refractivity (Wildman–Crippen MR) is 66.8 cm³/mol. The highest BCUT2D eigenvalue weighted by molar-refractivity contribution is 6.42. The van der Waals surface area contributed by atoms with Gasteiger partial charge in [0, 0.05) is 12.1 Å². The Morgan fingerprint density at radius 3 is 2.62 bits per heavy atom. The van der Waals surface area contributed by atoms with Gasteiger partial charge in [0.15, 0.2) is 0 Å². The summed E-state index contributed by atoms with van der Waals surface area (Å²) in [5, 5.41) is 1.32. The van der Waals surface area contributed by atoms with Crippen molar-refractivity contribution in [2.24, 2.45) is 0 Å². The highest BCUT2D eigenvalue weighted by atomic mass is 35.5. The smallest absolute Gasteiger partial charge is 0.147 e. The van der Waals surface area contributed by atoms with Gasteiger partial charge in [-0.25, -0.2) is 0 Å². The zero-order chi connectivity index (χ0) is 11.5. The van der Waals surface area contributed by atoms with E-state index < -0.39 is 0 Å². The number of hydrogen-bond donors (Lipinski definition) is 0. The van der Waals surface area contributed by atoms with Gasteiger partial charge in [-0.2, -0.15) is 0 Å². The lowest BCUT2D eigenvalue weighted by Crippen LogP contribution is -1.85. The van der Waals surface area contributed by atoms with Crippen molar-refractivity contribution in [3.63, 3.8) is 0 Å². The first-order valence-corrected chi connectivity index (χ1v) is 5.59. The molecule has 16 heavy (non-hydrogen) atoms. The molecule has 0 atom stereocenters.